The van der Waals surface area contributed by atoms with Crippen molar-refractivity contribution in [3.8, 4) is 11.8 Å². The number of sulfonamides is 1. The predicted octanol–water partition coefficient (Wildman–Crippen LogP) is 0.596. The molecular formula is C13H19N3O3S. The SMILES string of the molecule is COc1cc(CNCCCNS(C)(=O)=O)ccc1C#N. The van der Waals surface area contributed by atoms with Crippen LogP contribution in [0.5, 0.6) is 5.75 Å². The third-order valence-corrected chi connectivity index (χ3v) is 3.34. The molecule has 0 aromatic heterocycles. The van der Waals surface area contributed by atoms with Crippen LogP contribution in [0, 0.1) is 11.3 Å². The molecule has 0 saturated carbocycles. The number of methoxy groups -OCH3 is 1. The van der Waals surface area contributed by atoms with Crippen molar-refractivity contribution in [1.29, 1.82) is 5.26 Å². The number of benzene rings is 1. The van der Waals surface area contributed by atoms with Crippen LogP contribution in [0.1, 0.15) is 17.5 Å². The fourth-order valence-corrected chi connectivity index (χ4v) is 2.16. The molecule has 0 aliphatic carbocycles. The second-order valence-corrected chi connectivity index (χ2v) is 6.18. The fraction of sp³-hybridized carbons (Fsp3) is 0.462. The molecule has 0 unspecified atom stereocenters. The van der Waals surface area contributed by atoms with E-state index in [4.69, 9.17) is 10.00 Å². The summed E-state index contributed by atoms with van der Waals surface area (Å²) >= 11 is 0. The van der Waals surface area contributed by atoms with Crippen LogP contribution >= 0.6 is 0 Å². The Bertz CT molecular complexity index is 579. The molecular weight excluding hydrogens is 278 g/mol. The highest BCUT2D eigenvalue weighted by Gasteiger charge is 2.03. The maximum atomic E-state index is 10.8. The maximum Gasteiger partial charge on any atom is 0.208 e. The number of nitrogens with zero attached hydrogens (tertiary/aromatic N) is 1. The standard InChI is InChI=1S/C13H19N3O3S/c1-19-13-8-11(4-5-12(13)9-14)10-15-6-3-7-16-20(2,17)18/h4-5,8,15-16H,3,6-7,10H2,1-2H3. The van der Waals surface area contributed by atoms with Gasteiger partial charge in [0.25, 0.3) is 0 Å². The summed E-state index contributed by atoms with van der Waals surface area (Å²) in [4.78, 5) is 0. The van der Waals surface area contributed by atoms with Gasteiger partial charge in [-0.1, -0.05) is 6.07 Å². The van der Waals surface area contributed by atoms with E-state index in [9.17, 15) is 8.42 Å². The summed E-state index contributed by atoms with van der Waals surface area (Å²) in [6.45, 7) is 1.76. The first kappa shape index (κ1) is 16.4. The average molecular weight is 297 g/mol. The van der Waals surface area contributed by atoms with Gasteiger partial charge in [-0.2, -0.15) is 5.26 Å². The van der Waals surface area contributed by atoms with Gasteiger partial charge in [0.05, 0.1) is 18.9 Å². The minimum absolute atomic E-state index is 0.419. The summed E-state index contributed by atoms with van der Waals surface area (Å²) in [7, 11) is -1.57. The predicted molar refractivity (Wildman–Crippen MR) is 76.9 cm³/mol. The lowest BCUT2D eigenvalue weighted by Gasteiger charge is -2.08. The Morgan fingerprint density at radius 1 is 1.35 bits per heavy atom. The van der Waals surface area contributed by atoms with E-state index in [-0.39, 0.29) is 0 Å². The normalized spacial score (nSPS) is 11.1. The zero-order valence-electron chi connectivity index (χ0n) is 11.6. The summed E-state index contributed by atoms with van der Waals surface area (Å²) in [5, 5.41) is 12.1. The van der Waals surface area contributed by atoms with Crippen LogP contribution in [-0.2, 0) is 16.6 Å². The van der Waals surface area contributed by atoms with Crippen molar-refractivity contribution >= 4 is 10.0 Å². The molecule has 0 amide bonds. The first-order valence-electron chi connectivity index (χ1n) is 6.18. The molecule has 0 saturated heterocycles. The third kappa shape index (κ3) is 6.02. The minimum Gasteiger partial charge on any atom is -0.495 e. The fourth-order valence-electron chi connectivity index (χ4n) is 1.64. The van der Waals surface area contributed by atoms with Crippen molar-refractivity contribution < 1.29 is 13.2 Å². The van der Waals surface area contributed by atoms with Crippen LogP contribution in [-0.4, -0.2) is 34.9 Å². The van der Waals surface area contributed by atoms with E-state index >= 15 is 0 Å². The molecule has 2 N–H and O–H groups in total. The van der Waals surface area contributed by atoms with Gasteiger partial charge in [-0.15, -0.1) is 0 Å². The number of nitrogens with one attached hydrogen (secondary N) is 2. The van der Waals surface area contributed by atoms with Crippen LogP contribution in [0.3, 0.4) is 0 Å². The average Bonchev–Trinajstić information content (AvgIpc) is 2.41. The minimum atomic E-state index is -3.11. The van der Waals surface area contributed by atoms with E-state index in [1.54, 1.807) is 6.07 Å². The highest BCUT2D eigenvalue weighted by Crippen LogP contribution is 2.18. The first-order valence-corrected chi connectivity index (χ1v) is 8.08. The van der Waals surface area contributed by atoms with Crippen LogP contribution in [0.25, 0.3) is 0 Å². The molecule has 110 valence electrons. The van der Waals surface area contributed by atoms with E-state index in [0.29, 0.717) is 37.4 Å². The quantitative estimate of drug-likeness (QED) is 0.686. The molecule has 20 heavy (non-hydrogen) atoms. The van der Waals surface area contributed by atoms with E-state index < -0.39 is 10.0 Å². The largest absolute Gasteiger partial charge is 0.495 e. The van der Waals surface area contributed by atoms with Gasteiger partial charge in [-0.25, -0.2) is 13.1 Å². The van der Waals surface area contributed by atoms with E-state index in [1.165, 1.54) is 7.11 Å². The van der Waals surface area contributed by atoms with Crippen molar-refractivity contribution in [2.45, 2.75) is 13.0 Å². The molecule has 0 fully saturated rings. The molecule has 0 aliphatic rings. The Hall–Kier alpha value is -1.62. The van der Waals surface area contributed by atoms with Gasteiger partial charge >= 0.3 is 0 Å². The Balaban J connectivity index is 2.34. The number of hydrogen-bond donors (Lipinski definition) is 2. The highest BCUT2D eigenvalue weighted by molar-refractivity contribution is 7.88. The second-order valence-electron chi connectivity index (χ2n) is 4.34. The number of rotatable bonds is 8. The smallest absolute Gasteiger partial charge is 0.208 e. The molecule has 1 aromatic carbocycles. The molecule has 1 aromatic rings. The Morgan fingerprint density at radius 3 is 2.70 bits per heavy atom. The summed E-state index contributed by atoms with van der Waals surface area (Å²) in [6, 6.07) is 7.47. The Kier molecular flexibility index (Phi) is 6.45. The van der Waals surface area contributed by atoms with Crippen LogP contribution < -0.4 is 14.8 Å². The molecule has 0 radical (unpaired) electrons. The number of nitriles is 1. The maximum absolute atomic E-state index is 10.8. The molecule has 7 heteroatoms. The van der Waals surface area contributed by atoms with Crippen molar-refractivity contribution in [2.24, 2.45) is 0 Å². The van der Waals surface area contributed by atoms with Crippen molar-refractivity contribution in [2.75, 3.05) is 26.5 Å². The first-order chi connectivity index (χ1) is 9.46. The lowest BCUT2D eigenvalue weighted by molar-refractivity contribution is 0.412. The summed E-state index contributed by atoms with van der Waals surface area (Å²) < 4.78 is 29.3. The van der Waals surface area contributed by atoms with Gasteiger partial charge < -0.3 is 10.1 Å². The summed E-state index contributed by atoms with van der Waals surface area (Å²) in [5.41, 5.74) is 1.52. The number of ether oxygens (including phenoxy) is 1. The molecule has 0 spiro atoms. The molecule has 1 rings (SSSR count). The van der Waals surface area contributed by atoms with Gasteiger partial charge in [0.2, 0.25) is 10.0 Å². The van der Waals surface area contributed by atoms with E-state index in [1.807, 2.05) is 12.1 Å². The number of hydrogen-bond acceptors (Lipinski definition) is 5. The van der Waals surface area contributed by atoms with Crippen molar-refractivity contribution in [3.05, 3.63) is 29.3 Å². The molecule has 0 atom stereocenters. The van der Waals surface area contributed by atoms with Gasteiger partial charge in [-0.3, -0.25) is 0 Å². The molecule has 0 bridgehead atoms. The van der Waals surface area contributed by atoms with Gasteiger partial charge in [0.15, 0.2) is 0 Å². The van der Waals surface area contributed by atoms with Gasteiger partial charge in [0, 0.05) is 13.1 Å². The molecule has 6 nitrogen and oxygen atoms in total. The summed E-state index contributed by atoms with van der Waals surface area (Å²) in [6.07, 6.45) is 1.85. The van der Waals surface area contributed by atoms with Crippen molar-refractivity contribution in [3.63, 3.8) is 0 Å². The van der Waals surface area contributed by atoms with Crippen LogP contribution in [0.4, 0.5) is 0 Å². The monoisotopic (exact) mass is 297 g/mol. The lowest BCUT2D eigenvalue weighted by atomic mass is 10.1. The van der Waals surface area contributed by atoms with Crippen molar-refractivity contribution in [1.82, 2.24) is 10.0 Å². The van der Waals surface area contributed by atoms with E-state index in [0.717, 1.165) is 11.8 Å². The van der Waals surface area contributed by atoms with E-state index in [2.05, 4.69) is 16.1 Å². The third-order valence-electron chi connectivity index (χ3n) is 2.61. The van der Waals surface area contributed by atoms with Gasteiger partial charge in [-0.05, 0) is 30.7 Å². The molecule has 0 aliphatic heterocycles. The Labute approximate surface area is 119 Å². The van der Waals surface area contributed by atoms with Gasteiger partial charge in [0.1, 0.15) is 11.8 Å². The molecule has 0 heterocycles. The topological polar surface area (TPSA) is 91.2 Å². The highest BCUT2D eigenvalue weighted by atomic mass is 32.2. The van der Waals surface area contributed by atoms with Crippen LogP contribution in [0.15, 0.2) is 18.2 Å². The second kappa shape index (κ2) is 7.85. The Morgan fingerprint density at radius 2 is 2.10 bits per heavy atom. The zero-order chi connectivity index (χ0) is 15.0. The van der Waals surface area contributed by atoms with Crippen LogP contribution in [0.2, 0.25) is 0 Å². The lowest BCUT2D eigenvalue weighted by Crippen LogP contribution is -2.26. The zero-order valence-corrected chi connectivity index (χ0v) is 12.5. The summed E-state index contributed by atoms with van der Waals surface area (Å²) in [5.74, 6) is 0.561.